The minimum atomic E-state index is -4.24. The van der Waals surface area contributed by atoms with Crippen LogP contribution in [0.2, 0.25) is 5.02 Å². The largest absolute Gasteiger partial charge is 0.284 e. The van der Waals surface area contributed by atoms with E-state index in [0.717, 1.165) is 12.1 Å². The van der Waals surface area contributed by atoms with Gasteiger partial charge in [0.2, 0.25) is 0 Å². The highest BCUT2D eigenvalue weighted by molar-refractivity contribution is 7.90. The highest BCUT2D eigenvalue weighted by atomic mass is 35.5. The molecule has 1 aromatic heterocycles. The fourth-order valence-corrected chi connectivity index (χ4v) is 3.46. The molecule has 0 aliphatic heterocycles. The number of halogens is 2. The first-order chi connectivity index (χ1) is 10.6. The molecule has 2 aromatic rings. The summed E-state index contributed by atoms with van der Waals surface area (Å²) in [5.41, 5.74) is 0.245. The minimum Gasteiger partial charge on any atom is -0.266 e. The Hall–Kier alpha value is -1.93. The van der Waals surface area contributed by atoms with Crippen molar-refractivity contribution < 1.29 is 17.6 Å². The summed E-state index contributed by atoms with van der Waals surface area (Å²) >= 11 is 5.92. The van der Waals surface area contributed by atoms with Crippen LogP contribution in [0.3, 0.4) is 0 Å². The van der Waals surface area contributed by atoms with Gasteiger partial charge in [-0.15, -0.1) is 0 Å². The molecule has 0 unspecified atom stereocenters. The summed E-state index contributed by atoms with van der Waals surface area (Å²) < 4.78 is 41.2. The average molecular weight is 360 g/mol. The van der Waals surface area contributed by atoms with Crippen molar-refractivity contribution in [3.63, 3.8) is 0 Å². The van der Waals surface area contributed by atoms with Gasteiger partial charge in [0, 0.05) is 6.04 Å². The lowest BCUT2D eigenvalue weighted by molar-refractivity contribution is 0.0969. The molecule has 0 aliphatic rings. The van der Waals surface area contributed by atoms with Gasteiger partial charge in [-0.1, -0.05) is 17.7 Å². The van der Waals surface area contributed by atoms with Crippen molar-refractivity contribution in [2.75, 3.05) is 0 Å². The summed E-state index contributed by atoms with van der Waals surface area (Å²) in [4.78, 5) is 12.0. The zero-order valence-corrected chi connectivity index (χ0v) is 14.2. The van der Waals surface area contributed by atoms with Crippen LogP contribution in [0.15, 0.2) is 29.3 Å². The van der Waals surface area contributed by atoms with Gasteiger partial charge >= 0.3 is 0 Å². The van der Waals surface area contributed by atoms with Crippen LogP contribution in [0.5, 0.6) is 0 Å². The number of carbonyl (C=O) groups excluding carboxylic acids is 1. The number of hydrogen-bond acceptors (Lipinski definition) is 4. The molecule has 1 N–H and O–H groups in total. The van der Waals surface area contributed by atoms with E-state index in [1.54, 1.807) is 13.8 Å². The molecule has 0 bridgehead atoms. The number of carbonyl (C=O) groups is 1. The van der Waals surface area contributed by atoms with Gasteiger partial charge in [-0.05, 0) is 38.5 Å². The lowest BCUT2D eigenvalue weighted by Gasteiger charge is -2.13. The number of rotatable bonds is 4. The molecular formula is C14H15ClFN3O3S. The van der Waals surface area contributed by atoms with Gasteiger partial charge in [-0.2, -0.15) is 5.10 Å². The molecule has 0 saturated heterocycles. The van der Waals surface area contributed by atoms with Gasteiger partial charge in [0.15, 0.2) is 0 Å². The summed E-state index contributed by atoms with van der Waals surface area (Å²) in [5.74, 6) is -1.64. The molecule has 1 heterocycles. The van der Waals surface area contributed by atoms with Gasteiger partial charge < -0.3 is 0 Å². The second-order valence-corrected chi connectivity index (χ2v) is 7.28. The molecule has 1 aromatic carbocycles. The second-order valence-electron chi connectivity index (χ2n) is 5.22. The van der Waals surface area contributed by atoms with Crippen LogP contribution >= 0.6 is 11.6 Å². The Labute approximate surface area is 138 Å². The quantitative estimate of drug-likeness (QED) is 0.910. The van der Waals surface area contributed by atoms with E-state index in [1.165, 1.54) is 23.9 Å². The van der Waals surface area contributed by atoms with E-state index in [9.17, 15) is 17.6 Å². The maximum absolute atomic E-state index is 13.3. The maximum atomic E-state index is 13.3. The predicted octanol–water partition coefficient (Wildman–Crippen LogP) is 2.68. The third-order valence-corrected chi connectivity index (χ3v) is 4.87. The number of aryl methyl sites for hydroxylation is 1. The Morgan fingerprint density at radius 1 is 1.39 bits per heavy atom. The van der Waals surface area contributed by atoms with Crippen molar-refractivity contribution in [3.05, 3.63) is 46.5 Å². The monoisotopic (exact) mass is 359 g/mol. The standard InChI is InChI=1S/C14H15ClFN3O3S/c1-8(2)19-13(11(15)7-17-19)14(20)18-23(21,22)12-6-10(16)5-4-9(12)3/h4-8H,1-3H3,(H,18,20). The first kappa shape index (κ1) is 17.4. The molecule has 0 spiro atoms. The summed E-state index contributed by atoms with van der Waals surface area (Å²) in [5, 5.41) is 3.97. The van der Waals surface area contributed by atoms with Crippen LogP contribution < -0.4 is 4.72 Å². The van der Waals surface area contributed by atoms with E-state index in [4.69, 9.17) is 11.6 Å². The van der Waals surface area contributed by atoms with Crippen molar-refractivity contribution in [2.24, 2.45) is 0 Å². The molecular weight excluding hydrogens is 345 g/mol. The molecule has 0 aliphatic carbocycles. The normalized spacial score (nSPS) is 11.7. The Morgan fingerprint density at radius 2 is 2.04 bits per heavy atom. The van der Waals surface area contributed by atoms with Crippen LogP contribution in [0, 0.1) is 12.7 Å². The molecule has 6 nitrogen and oxygen atoms in total. The van der Waals surface area contributed by atoms with Crippen LogP contribution in [0.1, 0.15) is 35.9 Å². The lowest BCUT2D eigenvalue weighted by atomic mass is 10.2. The molecule has 0 radical (unpaired) electrons. The number of amides is 1. The average Bonchev–Trinajstić information content (AvgIpc) is 2.83. The van der Waals surface area contributed by atoms with E-state index < -0.39 is 21.7 Å². The van der Waals surface area contributed by atoms with Gasteiger partial charge in [0.25, 0.3) is 15.9 Å². The smallest absolute Gasteiger partial charge is 0.266 e. The Kier molecular flexibility index (Phi) is 4.76. The number of sulfonamides is 1. The number of hydrogen-bond donors (Lipinski definition) is 1. The van der Waals surface area contributed by atoms with Crippen molar-refractivity contribution in [1.82, 2.24) is 14.5 Å². The van der Waals surface area contributed by atoms with E-state index in [1.807, 2.05) is 4.72 Å². The lowest BCUT2D eigenvalue weighted by Crippen LogP contribution is -2.33. The molecule has 0 atom stereocenters. The van der Waals surface area contributed by atoms with Crippen molar-refractivity contribution >= 4 is 27.5 Å². The molecule has 0 saturated carbocycles. The van der Waals surface area contributed by atoms with Gasteiger partial charge in [0.05, 0.1) is 16.1 Å². The van der Waals surface area contributed by atoms with Crippen molar-refractivity contribution in [1.29, 1.82) is 0 Å². The predicted molar refractivity (Wildman–Crippen MR) is 83.4 cm³/mol. The number of benzene rings is 1. The second kappa shape index (κ2) is 6.29. The van der Waals surface area contributed by atoms with E-state index in [2.05, 4.69) is 5.10 Å². The Bertz CT molecular complexity index is 862. The minimum absolute atomic E-state index is 0.0300. The number of nitrogens with zero attached hydrogens (tertiary/aromatic N) is 2. The highest BCUT2D eigenvalue weighted by Crippen LogP contribution is 2.21. The maximum Gasteiger partial charge on any atom is 0.284 e. The summed E-state index contributed by atoms with van der Waals surface area (Å²) in [6.45, 7) is 5.04. The third-order valence-electron chi connectivity index (χ3n) is 3.12. The SMILES string of the molecule is Cc1ccc(F)cc1S(=O)(=O)NC(=O)c1c(Cl)cnn1C(C)C. The van der Waals surface area contributed by atoms with Gasteiger partial charge in [-0.25, -0.2) is 17.5 Å². The highest BCUT2D eigenvalue weighted by Gasteiger charge is 2.26. The molecule has 124 valence electrons. The molecule has 2 rings (SSSR count). The van der Waals surface area contributed by atoms with Crippen molar-refractivity contribution in [2.45, 2.75) is 31.7 Å². The number of nitrogens with one attached hydrogen (secondary N) is 1. The van der Waals surface area contributed by atoms with Crippen LogP contribution in [-0.4, -0.2) is 24.1 Å². The van der Waals surface area contributed by atoms with Crippen LogP contribution in [0.4, 0.5) is 4.39 Å². The fourth-order valence-electron chi connectivity index (χ4n) is 2.03. The van der Waals surface area contributed by atoms with Crippen molar-refractivity contribution in [3.8, 4) is 0 Å². The van der Waals surface area contributed by atoms with Gasteiger partial charge in [-0.3, -0.25) is 9.48 Å². The van der Waals surface area contributed by atoms with Gasteiger partial charge in [0.1, 0.15) is 11.5 Å². The Balaban J connectivity index is 2.40. The zero-order chi connectivity index (χ0) is 17.4. The molecule has 9 heteroatoms. The van der Waals surface area contributed by atoms with E-state index in [0.29, 0.717) is 5.56 Å². The third kappa shape index (κ3) is 3.53. The fraction of sp³-hybridized carbons (Fsp3) is 0.286. The molecule has 0 fully saturated rings. The summed E-state index contributed by atoms with van der Waals surface area (Å²) in [6, 6.07) is 3.12. The summed E-state index contributed by atoms with van der Waals surface area (Å²) in [7, 11) is -4.24. The first-order valence-corrected chi connectivity index (χ1v) is 8.56. The topological polar surface area (TPSA) is 81.1 Å². The first-order valence-electron chi connectivity index (χ1n) is 6.70. The summed E-state index contributed by atoms with van der Waals surface area (Å²) in [6.07, 6.45) is 1.26. The number of aromatic nitrogens is 2. The van der Waals surface area contributed by atoms with E-state index >= 15 is 0 Å². The molecule has 23 heavy (non-hydrogen) atoms. The van der Waals surface area contributed by atoms with E-state index in [-0.39, 0.29) is 21.7 Å². The van der Waals surface area contributed by atoms with Crippen LogP contribution in [-0.2, 0) is 10.0 Å². The Morgan fingerprint density at radius 3 is 2.65 bits per heavy atom. The molecule has 1 amide bonds. The van der Waals surface area contributed by atoms with Crippen LogP contribution in [0.25, 0.3) is 0 Å². The zero-order valence-electron chi connectivity index (χ0n) is 12.7.